The summed E-state index contributed by atoms with van der Waals surface area (Å²) in [6.45, 7) is 5.08. The van der Waals surface area contributed by atoms with Gasteiger partial charge in [-0.1, -0.05) is 31.5 Å². The standard InChI is InChI=1S/C14H20NOS/c1-2-3-9-16-13-7-5-4-6-12(13)14-11-15-8-10-17-14/h4-7,15H,2-3,8-11H2,1H3. The van der Waals surface area contributed by atoms with Crippen LogP contribution < -0.4 is 10.1 Å². The zero-order chi connectivity index (χ0) is 11.9. The van der Waals surface area contributed by atoms with Crippen molar-refractivity contribution in [3.8, 4) is 5.75 Å². The first-order valence-electron chi connectivity index (χ1n) is 6.33. The molecule has 0 saturated carbocycles. The van der Waals surface area contributed by atoms with Crippen molar-refractivity contribution in [3.63, 3.8) is 0 Å². The van der Waals surface area contributed by atoms with Crippen molar-refractivity contribution in [1.82, 2.24) is 5.32 Å². The summed E-state index contributed by atoms with van der Waals surface area (Å²) < 4.78 is 5.87. The Balaban J connectivity index is 2.03. The summed E-state index contributed by atoms with van der Waals surface area (Å²) in [5.74, 6) is 2.19. The lowest BCUT2D eigenvalue weighted by atomic mass is 10.1. The Labute approximate surface area is 108 Å². The number of ether oxygens (including phenoxy) is 1. The minimum absolute atomic E-state index is 0.818. The fraction of sp³-hybridized carbons (Fsp3) is 0.500. The van der Waals surface area contributed by atoms with Crippen LogP contribution in [0, 0.1) is 5.25 Å². The smallest absolute Gasteiger partial charge is 0.124 e. The third-order valence-electron chi connectivity index (χ3n) is 2.78. The van der Waals surface area contributed by atoms with Gasteiger partial charge in [0, 0.05) is 24.4 Å². The Morgan fingerprint density at radius 1 is 1.35 bits per heavy atom. The van der Waals surface area contributed by atoms with Crippen LogP contribution >= 0.6 is 11.8 Å². The molecule has 1 aliphatic rings. The highest BCUT2D eigenvalue weighted by atomic mass is 32.2. The molecule has 1 saturated heterocycles. The Kier molecular flexibility index (Phi) is 5.20. The molecule has 0 bridgehead atoms. The van der Waals surface area contributed by atoms with E-state index in [2.05, 4.69) is 30.4 Å². The highest BCUT2D eigenvalue weighted by Crippen LogP contribution is 2.34. The van der Waals surface area contributed by atoms with Crippen molar-refractivity contribution in [2.24, 2.45) is 0 Å². The topological polar surface area (TPSA) is 21.3 Å². The number of para-hydroxylation sites is 1. The zero-order valence-corrected chi connectivity index (χ0v) is 11.2. The van der Waals surface area contributed by atoms with Crippen molar-refractivity contribution < 1.29 is 4.74 Å². The molecule has 0 atom stereocenters. The second-order valence-electron chi connectivity index (χ2n) is 4.15. The first-order valence-corrected chi connectivity index (χ1v) is 7.32. The van der Waals surface area contributed by atoms with Gasteiger partial charge >= 0.3 is 0 Å². The minimum Gasteiger partial charge on any atom is -0.493 e. The van der Waals surface area contributed by atoms with Crippen LogP contribution in [0.1, 0.15) is 25.3 Å². The molecule has 2 nitrogen and oxygen atoms in total. The molecular weight excluding hydrogens is 230 g/mol. The van der Waals surface area contributed by atoms with Crippen LogP contribution in [0.3, 0.4) is 0 Å². The Morgan fingerprint density at radius 3 is 3.00 bits per heavy atom. The molecule has 1 aliphatic heterocycles. The summed E-state index contributed by atoms with van der Waals surface area (Å²) in [5, 5.41) is 4.82. The average Bonchev–Trinajstić information content (AvgIpc) is 2.41. The molecule has 1 radical (unpaired) electrons. The first-order chi connectivity index (χ1) is 8.42. The number of hydrogen-bond acceptors (Lipinski definition) is 3. The van der Waals surface area contributed by atoms with E-state index >= 15 is 0 Å². The van der Waals surface area contributed by atoms with E-state index < -0.39 is 0 Å². The number of hydrogen-bond donors (Lipinski definition) is 1. The van der Waals surface area contributed by atoms with Gasteiger partial charge in [-0.3, -0.25) is 0 Å². The van der Waals surface area contributed by atoms with Gasteiger partial charge in [0.05, 0.1) is 11.9 Å². The predicted octanol–water partition coefficient (Wildman–Crippen LogP) is 3.08. The zero-order valence-electron chi connectivity index (χ0n) is 10.4. The number of unbranched alkanes of at least 4 members (excludes halogenated alkanes) is 1. The van der Waals surface area contributed by atoms with E-state index in [1.54, 1.807) is 0 Å². The number of benzene rings is 1. The molecule has 0 aromatic heterocycles. The molecular formula is C14H20NOS. The van der Waals surface area contributed by atoms with Crippen LogP contribution in [-0.4, -0.2) is 25.4 Å². The summed E-state index contributed by atoms with van der Waals surface area (Å²) in [5.41, 5.74) is 1.26. The Bertz CT molecular complexity index is 337. The van der Waals surface area contributed by atoms with Gasteiger partial charge < -0.3 is 10.1 Å². The molecule has 3 heteroatoms. The first kappa shape index (κ1) is 12.8. The van der Waals surface area contributed by atoms with Gasteiger partial charge in [-0.15, -0.1) is 11.8 Å². The van der Waals surface area contributed by atoms with Crippen molar-refractivity contribution in [2.75, 3.05) is 25.4 Å². The molecule has 1 aromatic rings. The lowest BCUT2D eigenvalue weighted by Gasteiger charge is -2.23. The fourth-order valence-corrected chi connectivity index (χ4v) is 2.84. The lowest BCUT2D eigenvalue weighted by Crippen LogP contribution is -2.28. The van der Waals surface area contributed by atoms with Crippen LogP contribution in [0.2, 0.25) is 0 Å². The molecule has 1 fully saturated rings. The van der Waals surface area contributed by atoms with Gasteiger partial charge in [0.15, 0.2) is 0 Å². The molecule has 0 unspecified atom stereocenters. The molecule has 1 N–H and O–H groups in total. The van der Waals surface area contributed by atoms with Crippen LogP contribution in [0.15, 0.2) is 24.3 Å². The van der Waals surface area contributed by atoms with Gasteiger partial charge in [-0.2, -0.15) is 0 Å². The average molecular weight is 250 g/mol. The molecule has 0 aliphatic carbocycles. The third kappa shape index (κ3) is 3.65. The van der Waals surface area contributed by atoms with Crippen LogP contribution in [-0.2, 0) is 0 Å². The minimum atomic E-state index is 0.818. The van der Waals surface area contributed by atoms with E-state index in [0.29, 0.717) is 0 Å². The molecule has 0 spiro atoms. The van der Waals surface area contributed by atoms with E-state index in [1.165, 1.54) is 17.2 Å². The maximum atomic E-state index is 5.87. The largest absolute Gasteiger partial charge is 0.493 e. The molecule has 1 heterocycles. The van der Waals surface area contributed by atoms with Gasteiger partial charge in [0.1, 0.15) is 5.75 Å². The van der Waals surface area contributed by atoms with Crippen LogP contribution in [0.25, 0.3) is 0 Å². The number of thioether (sulfide) groups is 1. The van der Waals surface area contributed by atoms with E-state index in [9.17, 15) is 0 Å². The summed E-state index contributed by atoms with van der Waals surface area (Å²) in [6.07, 6.45) is 2.30. The Hall–Kier alpha value is -0.670. The maximum Gasteiger partial charge on any atom is 0.124 e. The molecule has 17 heavy (non-hydrogen) atoms. The van der Waals surface area contributed by atoms with Crippen molar-refractivity contribution in [3.05, 3.63) is 35.1 Å². The van der Waals surface area contributed by atoms with Gasteiger partial charge in [-0.25, -0.2) is 0 Å². The summed E-state index contributed by atoms with van der Waals surface area (Å²) in [4.78, 5) is 0. The maximum absolute atomic E-state index is 5.87. The van der Waals surface area contributed by atoms with Gasteiger partial charge in [0.2, 0.25) is 0 Å². The Morgan fingerprint density at radius 2 is 2.24 bits per heavy atom. The van der Waals surface area contributed by atoms with E-state index in [4.69, 9.17) is 4.74 Å². The molecule has 0 amide bonds. The van der Waals surface area contributed by atoms with E-state index in [-0.39, 0.29) is 0 Å². The third-order valence-corrected chi connectivity index (χ3v) is 3.90. The van der Waals surface area contributed by atoms with Crippen LogP contribution in [0.5, 0.6) is 5.75 Å². The van der Waals surface area contributed by atoms with E-state index in [1.807, 2.05) is 17.8 Å². The second kappa shape index (κ2) is 6.92. The summed E-state index contributed by atoms with van der Waals surface area (Å²) in [6, 6.07) is 8.38. The molecule has 2 rings (SSSR count). The van der Waals surface area contributed by atoms with E-state index in [0.717, 1.165) is 37.6 Å². The molecule has 93 valence electrons. The van der Waals surface area contributed by atoms with Crippen molar-refractivity contribution in [2.45, 2.75) is 19.8 Å². The van der Waals surface area contributed by atoms with Crippen molar-refractivity contribution in [1.29, 1.82) is 0 Å². The van der Waals surface area contributed by atoms with Crippen molar-refractivity contribution >= 4 is 11.8 Å². The summed E-state index contributed by atoms with van der Waals surface area (Å²) in [7, 11) is 0. The quantitative estimate of drug-likeness (QED) is 0.811. The number of nitrogens with one attached hydrogen (secondary N) is 1. The SMILES string of the molecule is CCCCOc1ccccc1[C]1CNCCS1. The van der Waals surface area contributed by atoms with Gasteiger partial charge in [0.25, 0.3) is 0 Å². The fourth-order valence-electron chi connectivity index (χ4n) is 1.82. The predicted molar refractivity (Wildman–Crippen MR) is 74.5 cm³/mol. The lowest BCUT2D eigenvalue weighted by molar-refractivity contribution is 0.307. The van der Waals surface area contributed by atoms with Crippen LogP contribution in [0.4, 0.5) is 0 Å². The molecule has 1 aromatic carbocycles. The highest BCUT2D eigenvalue weighted by molar-refractivity contribution is 8.02. The second-order valence-corrected chi connectivity index (χ2v) is 5.34. The van der Waals surface area contributed by atoms with Gasteiger partial charge in [-0.05, 0) is 12.5 Å². The number of rotatable bonds is 5. The highest BCUT2D eigenvalue weighted by Gasteiger charge is 2.19. The summed E-state index contributed by atoms with van der Waals surface area (Å²) >= 11 is 1.94. The monoisotopic (exact) mass is 250 g/mol. The normalized spacial score (nSPS) is 17.0.